The number of nitrogens with one attached hydrogen (secondary N) is 1. The van der Waals surface area contributed by atoms with E-state index >= 15 is 0 Å². The standard InChI is InChI=1S/C25H32N4O6S/c1-16-12-20(36(33,34)19-4-2-3-5-19)14-23(30)29(16)21(13-17-8-10-35-11-9-17)25(32)28-22-7-6-18(15-27-22)24(26)31/h6-7,12,14-15,17,19,21H,2-5,8-11,13H2,1H3,(H2,26,31)(H,27,28,32)/t21-/m1/s1. The van der Waals surface area contributed by atoms with Gasteiger partial charge in [0.25, 0.3) is 5.56 Å². The van der Waals surface area contributed by atoms with Crippen molar-refractivity contribution in [1.29, 1.82) is 0 Å². The van der Waals surface area contributed by atoms with Crippen molar-refractivity contribution in [1.82, 2.24) is 9.55 Å². The molecule has 2 aliphatic rings. The van der Waals surface area contributed by atoms with Crippen LogP contribution in [0.5, 0.6) is 0 Å². The molecule has 2 aromatic heterocycles. The van der Waals surface area contributed by atoms with Gasteiger partial charge in [-0.15, -0.1) is 0 Å². The van der Waals surface area contributed by atoms with Crippen molar-refractivity contribution in [2.75, 3.05) is 18.5 Å². The van der Waals surface area contributed by atoms with Crippen LogP contribution in [0.4, 0.5) is 5.82 Å². The van der Waals surface area contributed by atoms with Gasteiger partial charge in [0.15, 0.2) is 9.84 Å². The Morgan fingerprint density at radius 1 is 1.17 bits per heavy atom. The maximum absolute atomic E-state index is 13.4. The topological polar surface area (TPSA) is 150 Å². The number of rotatable bonds is 8. The summed E-state index contributed by atoms with van der Waals surface area (Å²) in [5.74, 6) is -0.703. The molecule has 0 radical (unpaired) electrons. The highest BCUT2D eigenvalue weighted by atomic mass is 32.2. The van der Waals surface area contributed by atoms with Gasteiger partial charge in [-0.25, -0.2) is 13.4 Å². The number of ether oxygens (including phenoxy) is 1. The molecule has 0 bridgehead atoms. The van der Waals surface area contributed by atoms with Gasteiger partial charge in [-0.2, -0.15) is 0 Å². The normalized spacial score (nSPS) is 18.1. The Balaban J connectivity index is 1.66. The van der Waals surface area contributed by atoms with Crippen molar-refractivity contribution in [2.24, 2.45) is 11.7 Å². The minimum atomic E-state index is -3.61. The molecule has 1 aliphatic heterocycles. The van der Waals surface area contributed by atoms with Gasteiger partial charge in [0.05, 0.1) is 15.7 Å². The van der Waals surface area contributed by atoms with E-state index in [1.165, 1.54) is 29.0 Å². The molecule has 2 aromatic rings. The van der Waals surface area contributed by atoms with Gasteiger partial charge >= 0.3 is 0 Å². The maximum atomic E-state index is 13.4. The first-order chi connectivity index (χ1) is 17.2. The third-order valence-electron chi connectivity index (χ3n) is 7.11. The van der Waals surface area contributed by atoms with E-state index in [1.54, 1.807) is 6.92 Å². The number of nitrogens with zero attached hydrogens (tertiary/aromatic N) is 2. The summed E-state index contributed by atoms with van der Waals surface area (Å²) in [5, 5.41) is 2.26. The molecule has 11 heteroatoms. The van der Waals surface area contributed by atoms with Crippen LogP contribution in [0, 0.1) is 12.8 Å². The van der Waals surface area contributed by atoms with Crippen LogP contribution in [0.25, 0.3) is 0 Å². The molecule has 3 N–H and O–H groups in total. The molecule has 2 fully saturated rings. The van der Waals surface area contributed by atoms with Gasteiger partial charge in [0.1, 0.15) is 11.9 Å². The highest BCUT2D eigenvalue weighted by Crippen LogP contribution is 2.31. The minimum Gasteiger partial charge on any atom is -0.381 e. The number of primary amides is 1. The quantitative estimate of drug-likeness (QED) is 0.547. The number of pyridine rings is 2. The minimum absolute atomic E-state index is 0.0158. The molecule has 36 heavy (non-hydrogen) atoms. The first-order valence-corrected chi connectivity index (χ1v) is 13.8. The molecule has 0 unspecified atom stereocenters. The molecule has 1 atom stereocenters. The van der Waals surface area contributed by atoms with Gasteiger partial charge in [0.2, 0.25) is 11.8 Å². The number of aryl methyl sites for hydroxylation is 1. The Labute approximate surface area is 210 Å². The largest absolute Gasteiger partial charge is 0.381 e. The average Bonchev–Trinajstić information content (AvgIpc) is 3.40. The molecule has 194 valence electrons. The van der Waals surface area contributed by atoms with Gasteiger partial charge in [0, 0.05) is 31.2 Å². The van der Waals surface area contributed by atoms with E-state index in [0.717, 1.165) is 31.7 Å². The van der Waals surface area contributed by atoms with Crippen LogP contribution in [0.3, 0.4) is 0 Å². The molecule has 1 saturated heterocycles. The van der Waals surface area contributed by atoms with Crippen LogP contribution < -0.4 is 16.6 Å². The molecule has 4 rings (SSSR count). The molecular formula is C25H32N4O6S. The Bertz CT molecular complexity index is 1280. The zero-order valence-corrected chi connectivity index (χ0v) is 21.1. The van der Waals surface area contributed by atoms with Crippen molar-refractivity contribution < 1.29 is 22.7 Å². The summed E-state index contributed by atoms with van der Waals surface area (Å²) >= 11 is 0. The summed E-state index contributed by atoms with van der Waals surface area (Å²) in [6.07, 6.45) is 6.11. The van der Waals surface area contributed by atoms with E-state index in [0.29, 0.717) is 38.2 Å². The van der Waals surface area contributed by atoms with Crippen molar-refractivity contribution in [2.45, 2.75) is 68.1 Å². The zero-order chi connectivity index (χ0) is 25.9. The van der Waals surface area contributed by atoms with E-state index < -0.39 is 38.5 Å². The van der Waals surface area contributed by atoms with Gasteiger partial charge < -0.3 is 20.4 Å². The Morgan fingerprint density at radius 3 is 2.44 bits per heavy atom. The smallest absolute Gasteiger partial charge is 0.252 e. The summed E-state index contributed by atoms with van der Waals surface area (Å²) in [7, 11) is -3.61. The molecule has 1 aliphatic carbocycles. The van der Waals surface area contributed by atoms with E-state index in [2.05, 4.69) is 10.3 Å². The van der Waals surface area contributed by atoms with Crippen LogP contribution >= 0.6 is 0 Å². The van der Waals surface area contributed by atoms with Crippen LogP contribution in [-0.2, 0) is 19.4 Å². The lowest BCUT2D eigenvalue weighted by molar-refractivity contribution is -0.120. The first kappa shape index (κ1) is 26.0. The zero-order valence-electron chi connectivity index (χ0n) is 20.3. The number of aromatic nitrogens is 2. The van der Waals surface area contributed by atoms with Gasteiger partial charge in [-0.3, -0.25) is 14.4 Å². The van der Waals surface area contributed by atoms with E-state index in [4.69, 9.17) is 10.5 Å². The maximum Gasteiger partial charge on any atom is 0.252 e. The van der Waals surface area contributed by atoms with Crippen molar-refractivity contribution >= 4 is 27.5 Å². The van der Waals surface area contributed by atoms with Crippen molar-refractivity contribution in [3.8, 4) is 0 Å². The molecule has 10 nitrogen and oxygen atoms in total. The number of amides is 2. The number of carbonyl (C=O) groups excluding carboxylic acids is 2. The molecule has 2 amide bonds. The average molecular weight is 517 g/mol. The van der Waals surface area contributed by atoms with Crippen LogP contribution in [-0.4, -0.2) is 48.2 Å². The Kier molecular flexibility index (Phi) is 7.89. The first-order valence-electron chi connectivity index (χ1n) is 12.3. The lowest BCUT2D eigenvalue weighted by atomic mass is 9.91. The number of sulfone groups is 1. The SMILES string of the molecule is Cc1cc(S(=O)(=O)C2CCCC2)cc(=O)n1[C@H](CC1CCOCC1)C(=O)Nc1ccc(C(N)=O)cn1. The molecular weight excluding hydrogens is 484 g/mol. The fraction of sp³-hybridized carbons (Fsp3) is 0.520. The molecule has 0 spiro atoms. The monoisotopic (exact) mass is 516 g/mol. The van der Waals surface area contributed by atoms with E-state index in [9.17, 15) is 22.8 Å². The molecule has 1 saturated carbocycles. The van der Waals surface area contributed by atoms with Gasteiger partial charge in [-0.05, 0) is 63.1 Å². The van der Waals surface area contributed by atoms with Crippen molar-refractivity contribution in [3.63, 3.8) is 0 Å². The van der Waals surface area contributed by atoms with E-state index in [-0.39, 0.29) is 22.2 Å². The lowest BCUT2D eigenvalue weighted by Gasteiger charge is -2.28. The summed E-state index contributed by atoms with van der Waals surface area (Å²) in [4.78, 5) is 42.2. The van der Waals surface area contributed by atoms with Gasteiger partial charge in [-0.1, -0.05) is 12.8 Å². The number of nitrogens with two attached hydrogens (primary N) is 1. The van der Waals surface area contributed by atoms with E-state index in [1.807, 2.05) is 0 Å². The predicted octanol–water partition coefficient (Wildman–Crippen LogP) is 2.36. The molecule has 3 heterocycles. The van der Waals surface area contributed by atoms with Crippen LogP contribution in [0.15, 0.2) is 40.2 Å². The predicted molar refractivity (Wildman–Crippen MR) is 133 cm³/mol. The second-order valence-electron chi connectivity index (χ2n) is 9.59. The number of carbonyl (C=O) groups is 2. The van der Waals surface area contributed by atoms with Crippen LogP contribution in [0.2, 0.25) is 0 Å². The summed E-state index contributed by atoms with van der Waals surface area (Å²) in [6.45, 7) is 2.82. The number of hydrogen-bond acceptors (Lipinski definition) is 7. The summed E-state index contributed by atoms with van der Waals surface area (Å²) < 4.78 is 33.0. The number of anilines is 1. The lowest BCUT2D eigenvalue weighted by Crippen LogP contribution is -2.37. The van der Waals surface area contributed by atoms with Crippen LogP contribution in [0.1, 0.15) is 67.0 Å². The second-order valence-corrected chi connectivity index (χ2v) is 11.8. The third-order valence-corrected chi connectivity index (χ3v) is 9.36. The highest BCUT2D eigenvalue weighted by Gasteiger charge is 2.33. The Morgan fingerprint density at radius 2 is 1.86 bits per heavy atom. The fourth-order valence-electron chi connectivity index (χ4n) is 5.09. The third kappa shape index (κ3) is 5.67. The summed E-state index contributed by atoms with van der Waals surface area (Å²) in [6, 6.07) is 4.69. The second kappa shape index (κ2) is 10.9. The fourth-order valence-corrected chi connectivity index (χ4v) is 7.03. The molecule has 0 aromatic carbocycles. The highest BCUT2D eigenvalue weighted by molar-refractivity contribution is 7.92. The van der Waals surface area contributed by atoms with Crippen molar-refractivity contribution in [3.05, 3.63) is 52.1 Å². The Hall–Kier alpha value is -3.05. The summed E-state index contributed by atoms with van der Waals surface area (Å²) in [5.41, 5.74) is 5.33. The number of hydrogen-bond donors (Lipinski definition) is 2.